The van der Waals surface area contributed by atoms with E-state index in [1.807, 2.05) is 24.4 Å². The molecule has 3 aromatic rings. The second-order valence-corrected chi connectivity index (χ2v) is 5.28. The van der Waals surface area contributed by atoms with E-state index in [2.05, 4.69) is 30.5 Å². The quantitative estimate of drug-likeness (QED) is 0.665. The number of anilines is 1. The highest BCUT2D eigenvalue weighted by Gasteiger charge is 2.12. The molecule has 3 aromatic heterocycles. The summed E-state index contributed by atoms with van der Waals surface area (Å²) in [6.45, 7) is 5.53. The fraction of sp³-hybridized carbons (Fsp3) is 0.400. The molecule has 0 spiro atoms. The van der Waals surface area contributed by atoms with Crippen LogP contribution in [0.3, 0.4) is 0 Å². The minimum atomic E-state index is 0.252. The first-order valence-corrected chi connectivity index (χ1v) is 7.57. The predicted octanol–water partition coefficient (Wildman–Crippen LogP) is 1.81. The van der Waals surface area contributed by atoms with Gasteiger partial charge in [-0.3, -0.25) is 9.38 Å². The fourth-order valence-electron chi connectivity index (χ4n) is 2.14. The molecule has 0 amide bonds. The normalized spacial score (nSPS) is 11.3. The second-order valence-electron chi connectivity index (χ2n) is 5.28. The first-order valence-electron chi connectivity index (χ1n) is 7.57. The lowest BCUT2D eigenvalue weighted by atomic mass is 10.4. The number of hydrogen-bond donors (Lipinski definition) is 1. The predicted molar refractivity (Wildman–Crippen MR) is 86.0 cm³/mol. The maximum absolute atomic E-state index is 5.52. The van der Waals surface area contributed by atoms with Crippen molar-refractivity contribution in [1.29, 1.82) is 0 Å². The molecule has 8 heteroatoms. The Morgan fingerprint density at radius 3 is 2.87 bits per heavy atom. The Bertz CT molecular complexity index is 757. The van der Waals surface area contributed by atoms with Crippen LogP contribution in [0.4, 0.5) is 5.82 Å². The number of nitrogens with zero attached hydrogens (tertiary/aromatic N) is 6. The molecule has 0 aliphatic carbocycles. The Labute approximate surface area is 134 Å². The van der Waals surface area contributed by atoms with E-state index in [1.165, 1.54) is 0 Å². The lowest BCUT2D eigenvalue weighted by molar-refractivity contribution is 0.0787. The molecule has 0 unspecified atom stereocenters. The number of nitrogens with one attached hydrogen (secondary N) is 1. The van der Waals surface area contributed by atoms with Gasteiger partial charge in [-0.2, -0.15) is 0 Å². The SMILES string of the molecule is CC(C)OCCCNc1nccn2c(-c3cnccn3)nnc12. The number of fused-ring (bicyclic) bond motifs is 1. The zero-order valence-electron chi connectivity index (χ0n) is 13.2. The third-order valence-corrected chi connectivity index (χ3v) is 3.18. The summed E-state index contributed by atoms with van der Waals surface area (Å²) in [6.07, 6.45) is 9.59. The van der Waals surface area contributed by atoms with Gasteiger partial charge in [-0.25, -0.2) is 9.97 Å². The van der Waals surface area contributed by atoms with E-state index in [0.717, 1.165) is 13.0 Å². The summed E-state index contributed by atoms with van der Waals surface area (Å²) in [7, 11) is 0. The molecule has 3 heterocycles. The Morgan fingerprint density at radius 2 is 2.09 bits per heavy atom. The van der Waals surface area contributed by atoms with Crippen LogP contribution in [0.5, 0.6) is 0 Å². The van der Waals surface area contributed by atoms with Gasteiger partial charge < -0.3 is 10.1 Å². The van der Waals surface area contributed by atoms with Crippen molar-refractivity contribution in [3.63, 3.8) is 0 Å². The van der Waals surface area contributed by atoms with Crippen LogP contribution in [0.15, 0.2) is 31.0 Å². The van der Waals surface area contributed by atoms with E-state index in [0.29, 0.717) is 29.6 Å². The summed E-state index contributed by atoms with van der Waals surface area (Å²) < 4.78 is 7.37. The first-order chi connectivity index (χ1) is 11.3. The highest BCUT2D eigenvalue weighted by Crippen LogP contribution is 2.18. The molecule has 1 N–H and O–H groups in total. The van der Waals surface area contributed by atoms with Gasteiger partial charge in [-0.05, 0) is 20.3 Å². The summed E-state index contributed by atoms with van der Waals surface area (Å²) in [5, 5.41) is 11.7. The number of hydrogen-bond acceptors (Lipinski definition) is 7. The Morgan fingerprint density at radius 1 is 1.17 bits per heavy atom. The molecule has 0 atom stereocenters. The molecular formula is C15H19N7O. The lowest BCUT2D eigenvalue weighted by Crippen LogP contribution is -2.10. The fourth-order valence-corrected chi connectivity index (χ4v) is 2.14. The maximum atomic E-state index is 5.52. The van der Waals surface area contributed by atoms with Gasteiger partial charge in [0, 0.05) is 37.9 Å². The van der Waals surface area contributed by atoms with Crippen molar-refractivity contribution in [2.75, 3.05) is 18.5 Å². The average Bonchev–Trinajstić information content (AvgIpc) is 3.00. The molecule has 0 aliphatic rings. The smallest absolute Gasteiger partial charge is 0.203 e. The standard InChI is InChI=1S/C15H19N7O/c1-11(2)23-9-3-4-18-13-15-21-20-14(22(15)8-7-19-13)12-10-16-5-6-17-12/h5-8,10-11H,3-4,9H2,1-2H3,(H,18,19). The zero-order chi connectivity index (χ0) is 16.1. The lowest BCUT2D eigenvalue weighted by Gasteiger charge is -2.09. The van der Waals surface area contributed by atoms with Crippen molar-refractivity contribution < 1.29 is 4.74 Å². The van der Waals surface area contributed by atoms with Gasteiger partial charge in [0.1, 0.15) is 5.69 Å². The summed E-state index contributed by atoms with van der Waals surface area (Å²) in [5.41, 5.74) is 1.33. The van der Waals surface area contributed by atoms with Crippen molar-refractivity contribution in [2.24, 2.45) is 0 Å². The minimum Gasteiger partial charge on any atom is -0.379 e. The molecule has 0 aliphatic heterocycles. The van der Waals surface area contributed by atoms with Gasteiger partial charge in [0.25, 0.3) is 0 Å². The third kappa shape index (κ3) is 3.59. The second kappa shape index (κ2) is 7.10. The summed E-state index contributed by atoms with van der Waals surface area (Å²) in [4.78, 5) is 12.7. The highest BCUT2D eigenvalue weighted by atomic mass is 16.5. The monoisotopic (exact) mass is 313 g/mol. The average molecular weight is 313 g/mol. The Kier molecular flexibility index (Phi) is 4.72. The first kappa shape index (κ1) is 15.3. The van der Waals surface area contributed by atoms with Gasteiger partial charge >= 0.3 is 0 Å². The van der Waals surface area contributed by atoms with E-state index in [1.54, 1.807) is 24.8 Å². The van der Waals surface area contributed by atoms with Crippen molar-refractivity contribution in [2.45, 2.75) is 26.4 Å². The number of ether oxygens (including phenoxy) is 1. The largest absolute Gasteiger partial charge is 0.379 e. The molecule has 8 nitrogen and oxygen atoms in total. The molecule has 3 rings (SSSR count). The third-order valence-electron chi connectivity index (χ3n) is 3.18. The van der Waals surface area contributed by atoms with Crippen molar-refractivity contribution in [3.05, 3.63) is 31.0 Å². The van der Waals surface area contributed by atoms with Crippen LogP contribution in [0.25, 0.3) is 17.2 Å². The zero-order valence-corrected chi connectivity index (χ0v) is 13.2. The van der Waals surface area contributed by atoms with Crippen LogP contribution in [-0.2, 0) is 4.74 Å². The van der Waals surface area contributed by atoms with Crippen LogP contribution in [-0.4, -0.2) is 48.8 Å². The van der Waals surface area contributed by atoms with Gasteiger partial charge in [0.2, 0.25) is 5.65 Å². The topological polar surface area (TPSA) is 90.1 Å². The van der Waals surface area contributed by atoms with Gasteiger partial charge in [0.15, 0.2) is 11.6 Å². The van der Waals surface area contributed by atoms with Gasteiger partial charge in [-0.15, -0.1) is 10.2 Å². The molecule has 0 bridgehead atoms. The molecule has 0 fully saturated rings. The molecule has 0 saturated carbocycles. The van der Waals surface area contributed by atoms with E-state index < -0.39 is 0 Å². The molecule has 0 radical (unpaired) electrons. The van der Waals surface area contributed by atoms with Crippen molar-refractivity contribution in [1.82, 2.24) is 29.5 Å². The van der Waals surface area contributed by atoms with Crippen LogP contribution >= 0.6 is 0 Å². The van der Waals surface area contributed by atoms with Crippen LogP contribution < -0.4 is 5.32 Å². The molecule has 0 saturated heterocycles. The van der Waals surface area contributed by atoms with E-state index in [4.69, 9.17) is 4.74 Å². The maximum Gasteiger partial charge on any atom is 0.203 e. The minimum absolute atomic E-state index is 0.252. The Balaban J connectivity index is 1.74. The van der Waals surface area contributed by atoms with Gasteiger partial charge in [-0.1, -0.05) is 0 Å². The van der Waals surface area contributed by atoms with Crippen molar-refractivity contribution >= 4 is 11.5 Å². The molecule has 0 aromatic carbocycles. The van der Waals surface area contributed by atoms with E-state index >= 15 is 0 Å². The summed E-state index contributed by atoms with van der Waals surface area (Å²) >= 11 is 0. The van der Waals surface area contributed by atoms with E-state index in [-0.39, 0.29) is 6.10 Å². The van der Waals surface area contributed by atoms with Crippen LogP contribution in [0.1, 0.15) is 20.3 Å². The van der Waals surface area contributed by atoms with Gasteiger partial charge in [0.05, 0.1) is 12.3 Å². The van der Waals surface area contributed by atoms with Crippen LogP contribution in [0.2, 0.25) is 0 Å². The summed E-state index contributed by atoms with van der Waals surface area (Å²) in [6, 6.07) is 0. The number of rotatable bonds is 7. The molecule has 120 valence electrons. The molecular weight excluding hydrogens is 294 g/mol. The summed E-state index contributed by atoms with van der Waals surface area (Å²) in [5.74, 6) is 1.33. The van der Waals surface area contributed by atoms with E-state index in [9.17, 15) is 0 Å². The number of aromatic nitrogens is 6. The van der Waals surface area contributed by atoms with Crippen molar-refractivity contribution in [3.8, 4) is 11.5 Å². The van der Waals surface area contributed by atoms with Crippen LogP contribution in [0, 0.1) is 0 Å². The molecule has 23 heavy (non-hydrogen) atoms. The Hall–Kier alpha value is -2.61. The highest BCUT2D eigenvalue weighted by molar-refractivity contribution is 5.66.